The van der Waals surface area contributed by atoms with E-state index in [0.717, 1.165) is 16.8 Å². The Morgan fingerprint density at radius 1 is 1.33 bits per heavy atom. The first-order valence-electron chi connectivity index (χ1n) is 5.82. The average molecular weight is 243 g/mol. The fraction of sp³-hybridized carbons (Fsp3) is 0.231. The maximum Gasteiger partial charge on any atom is 0.354 e. The van der Waals surface area contributed by atoms with Crippen LogP contribution in [-0.2, 0) is 19.6 Å². The van der Waals surface area contributed by atoms with Crippen molar-refractivity contribution in [3.05, 3.63) is 52.8 Å². The van der Waals surface area contributed by atoms with Crippen LogP contribution in [0.3, 0.4) is 0 Å². The SMILES string of the molecule is O=C(O)c1c2c(nn1Cc1ccccc1)CNC2. The quantitative estimate of drug-likeness (QED) is 0.851. The molecule has 2 aromatic rings. The molecule has 0 bridgehead atoms. The number of hydrogen-bond donors (Lipinski definition) is 2. The molecule has 5 nitrogen and oxygen atoms in total. The van der Waals surface area contributed by atoms with Gasteiger partial charge in [-0.2, -0.15) is 5.10 Å². The summed E-state index contributed by atoms with van der Waals surface area (Å²) in [6.07, 6.45) is 0. The van der Waals surface area contributed by atoms with Crippen LogP contribution in [-0.4, -0.2) is 20.9 Å². The van der Waals surface area contributed by atoms with E-state index in [1.165, 1.54) is 0 Å². The number of rotatable bonds is 3. The van der Waals surface area contributed by atoms with E-state index in [1.54, 1.807) is 4.68 Å². The molecule has 1 aliphatic heterocycles. The zero-order valence-corrected chi connectivity index (χ0v) is 9.76. The van der Waals surface area contributed by atoms with Crippen LogP contribution in [0.15, 0.2) is 30.3 Å². The molecule has 1 aromatic heterocycles. The summed E-state index contributed by atoms with van der Waals surface area (Å²) in [7, 11) is 0. The van der Waals surface area contributed by atoms with E-state index in [2.05, 4.69) is 10.4 Å². The summed E-state index contributed by atoms with van der Waals surface area (Å²) in [6.45, 7) is 1.73. The lowest BCUT2D eigenvalue weighted by Crippen LogP contribution is -2.15. The molecule has 92 valence electrons. The summed E-state index contributed by atoms with van der Waals surface area (Å²) in [5.41, 5.74) is 3.02. The van der Waals surface area contributed by atoms with Crippen LogP contribution >= 0.6 is 0 Å². The second kappa shape index (κ2) is 4.27. The molecule has 0 fully saturated rings. The minimum absolute atomic E-state index is 0.304. The number of aromatic carboxylic acids is 1. The van der Waals surface area contributed by atoms with Crippen LogP contribution in [0, 0.1) is 0 Å². The van der Waals surface area contributed by atoms with Crippen molar-refractivity contribution in [1.82, 2.24) is 15.1 Å². The Morgan fingerprint density at radius 2 is 2.11 bits per heavy atom. The van der Waals surface area contributed by atoms with E-state index in [9.17, 15) is 9.90 Å². The number of nitrogens with one attached hydrogen (secondary N) is 1. The third-order valence-electron chi connectivity index (χ3n) is 3.11. The third kappa shape index (κ3) is 1.78. The van der Waals surface area contributed by atoms with E-state index in [4.69, 9.17) is 0 Å². The molecule has 0 saturated carbocycles. The number of nitrogens with zero attached hydrogens (tertiary/aromatic N) is 2. The summed E-state index contributed by atoms with van der Waals surface area (Å²) >= 11 is 0. The number of carboxylic acid groups (broad SMARTS) is 1. The number of fused-ring (bicyclic) bond motifs is 1. The number of aromatic nitrogens is 2. The molecule has 1 aromatic carbocycles. The first-order chi connectivity index (χ1) is 8.75. The Balaban J connectivity index is 2.00. The van der Waals surface area contributed by atoms with Gasteiger partial charge in [-0.05, 0) is 5.56 Å². The molecule has 5 heteroatoms. The van der Waals surface area contributed by atoms with Crippen LogP contribution in [0.25, 0.3) is 0 Å². The van der Waals surface area contributed by atoms with E-state index < -0.39 is 5.97 Å². The van der Waals surface area contributed by atoms with Gasteiger partial charge in [-0.15, -0.1) is 0 Å². The lowest BCUT2D eigenvalue weighted by Gasteiger charge is -2.06. The molecule has 3 rings (SSSR count). The molecule has 0 atom stereocenters. The maximum absolute atomic E-state index is 11.3. The Morgan fingerprint density at radius 3 is 2.83 bits per heavy atom. The van der Waals surface area contributed by atoms with Crippen molar-refractivity contribution in [2.75, 3.05) is 0 Å². The van der Waals surface area contributed by atoms with Gasteiger partial charge >= 0.3 is 5.97 Å². The molecular formula is C13H13N3O2. The third-order valence-corrected chi connectivity index (χ3v) is 3.11. The highest BCUT2D eigenvalue weighted by molar-refractivity contribution is 5.88. The van der Waals surface area contributed by atoms with Crippen LogP contribution in [0.1, 0.15) is 27.3 Å². The van der Waals surface area contributed by atoms with Crippen molar-refractivity contribution in [3.63, 3.8) is 0 Å². The Bertz CT molecular complexity index is 590. The Kier molecular flexibility index (Phi) is 2.60. The number of benzene rings is 1. The predicted octanol–water partition coefficient (Wildman–Crippen LogP) is 1.23. The number of carbonyl (C=O) groups is 1. The van der Waals surface area contributed by atoms with Crippen molar-refractivity contribution >= 4 is 5.97 Å². The fourth-order valence-corrected chi connectivity index (χ4v) is 2.29. The van der Waals surface area contributed by atoms with Crippen LogP contribution in [0.2, 0.25) is 0 Å². The molecule has 2 heterocycles. The lowest BCUT2D eigenvalue weighted by molar-refractivity contribution is 0.0682. The van der Waals surface area contributed by atoms with Gasteiger partial charge < -0.3 is 10.4 Å². The van der Waals surface area contributed by atoms with Crippen LogP contribution in [0.5, 0.6) is 0 Å². The van der Waals surface area contributed by atoms with Gasteiger partial charge in [0.05, 0.1) is 12.2 Å². The topological polar surface area (TPSA) is 67.1 Å². The van der Waals surface area contributed by atoms with Gasteiger partial charge in [-0.3, -0.25) is 4.68 Å². The van der Waals surface area contributed by atoms with Crippen LogP contribution in [0.4, 0.5) is 0 Å². The highest BCUT2D eigenvalue weighted by Gasteiger charge is 2.25. The largest absolute Gasteiger partial charge is 0.477 e. The van der Waals surface area contributed by atoms with Gasteiger partial charge in [-0.1, -0.05) is 30.3 Å². The minimum atomic E-state index is -0.914. The fourth-order valence-electron chi connectivity index (χ4n) is 2.29. The zero-order valence-electron chi connectivity index (χ0n) is 9.76. The second-order valence-electron chi connectivity index (χ2n) is 4.33. The molecular weight excluding hydrogens is 230 g/mol. The molecule has 0 spiro atoms. The van der Waals surface area contributed by atoms with Gasteiger partial charge in [0.1, 0.15) is 0 Å². The molecule has 0 saturated heterocycles. The van der Waals surface area contributed by atoms with Crippen molar-refractivity contribution in [2.24, 2.45) is 0 Å². The summed E-state index contributed by atoms with van der Waals surface area (Å²) < 4.78 is 1.59. The van der Waals surface area contributed by atoms with Crippen molar-refractivity contribution in [2.45, 2.75) is 19.6 Å². The van der Waals surface area contributed by atoms with Gasteiger partial charge in [0.25, 0.3) is 0 Å². The molecule has 0 amide bonds. The van der Waals surface area contributed by atoms with Gasteiger partial charge in [0.15, 0.2) is 5.69 Å². The van der Waals surface area contributed by atoms with Crippen LogP contribution < -0.4 is 5.32 Å². The second-order valence-corrected chi connectivity index (χ2v) is 4.33. The predicted molar refractivity (Wildman–Crippen MR) is 65.3 cm³/mol. The molecule has 2 N–H and O–H groups in total. The van der Waals surface area contributed by atoms with Gasteiger partial charge in [0.2, 0.25) is 0 Å². The number of carboxylic acids is 1. The zero-order chi connectivity index (χ0) is 12.5. The van der Waals surface area contributed by atoms with E-state index in [-0.39, 0.29) is 0 Å². The average Bonchev–Trinajstić information content (AvgIpc) is 2.89. The lowest BCUT2D eigenvalue weighted by atomic mass is 10.2. The van der Waals surface area contributed by atoms with E-state index in [0.29, 0.717) is 25.3 Å². The van der Waals surface area contributed by atoms with Gasteiger partial charge in [0, 0.05) is 18.7 Å². The summed E-state index contributed by atoms with van der Waals surface area (Å²) in [5, 5.41) is 16.8. The Labute approximate surface area is 104 Å². The smallest absolute Gasteiger partial charge is 0.354 e. The van der Waals surface area contributed by atoms with E-state index in [1.807, 2.05) is 30.3 Å². The minimum Gasteiger partial charge on any atom is -0.477 e. The Hall–Kier alpha value is -2.14. The normalized spacial score (nSPS) is 13.6. The molecule has 18 heavy (non-hydrogen) atoms. The monoisotopic (exact) mass is 243 g/mol. The summed E-state index contributed by atoms with van der Waals surface area (Å²) in [4.78, 5) is 11.3. The summed E-state index contributed by atoms with van der Waals surface area (Å²) in [5.74, 6) is -0.914. The summed E-state index contributed by atoms with van der Waals surface area (Å²) in [6, 6.07) is 9.75. The number of hydrogen-bond acceptors (Lipinski definition) is 3. The van der Waals surface area contributed by atoms with Crippen molar-refractivity contribution in [3.8, 4) is 0 Å². The van der Waals surface area contributed by atoms with Crippen molar-refractivity contribution in [1.29, 1.82) is 0 Å². The van der Waals surface area contributed by atoms with Gasteiger partial charge in [-0.25, -0.2) is 4.79 Å². The highest BCUT2D eigenvalue weighted by atomic mass is 16.4. The highest BCUT2D eigenvalue weighted by Crippen LogP contribution is 2.20. The molecule has 0 radical (unpaired) electrons. The molecule has 0 unspecified atom stereocenters. The van der Waals surface area contributed by atoms with E-state index >= 15 is 0 Å². The van der Waals surface area contributed by atoms with Crippen molar-refractivity contribution < 1.29 is 9.90 Å². The molecule has 0 aliphatic carbocycles. The maximum atomic E-state index is 11.3. The molecule has 1 aliphatic rings. The first kappa shape index (κ1) is 11.0. The first-order valence-corrected chi connectivity index (χ1v) is 5.82. The standard InChI is InChI=1S/C13H13N3O2/c17-13(18)12-10-6-14-7-11(10)15-16(12)8-9-4-2-1-3-5-9/h1-5,14H,6-8H2,(H,17,18).